The van der Waals surface area contributed by atoms with Gasteiger partial charge in [-0.1, -0.05) is 0 Å². The number of nitrogens with zero attached hydrogens (tertiary/aromatic N) is 2. The first kappa shape index (κ1) is 22.7. The zero-order valence-electron chi connectivity index (χ0n) is 18.1. The Morgan fingerprint density at radius 3 is 2.24 bits per heavy atom. The third-order valence-electron chi connectivity index (χ3n) is 4.80. The molecule has 2 N–H and O–H groups in total. The number of benzene rings is 1. The predicted octanol–water partition coefficient (Wildman–Crippen LogP) is -0.591. The van der Waals surface area contributed by atoms with Gasteiger partial charge in [-0.25, -0.2) is 0 Å². The van der Waals surface area contributed by atoms with Gasteiger partial charge in [-0.05, 0) is 45.0 Å². The van der Waals surface area contributed by atoms with Gasteiger partial charge in [0.25, 0.3) is 11.8 Å². The van der Waals surface area contributed by atoms with E-state index in [1.54, 1.807) is 43.3 Å². The second kappa shape index (κ2) is 9.73. The molecule has 1 saturated heterocycles. The second-order valence-corrected chi connectivity index (χ2v) is 8.50. The van der Waals surface area contributed by atoms with Crippen LogP contribution in [0.5, 0.6) is 5.75 Å². The molecule has 0 saturated carbocycles. The standard InChI is InChI=1S/C21H32N4O4/c1-21(2,3)22-18(26)14-24-10-12-25(13-11-24)19(27)15-23(4)20(28)16-6-8-17(29-5)9-7-16/h6-9H,10-15H2,1-5H3,(H,22,26)/p+1. The van der Waals surface area contributed by atoms with Crippen LogP contribution in [0, 0.1) is 0 Å². The molecule has 1 aliphatic rings. The van der Waals surface area contributed by atoms with E-state index in [9.17, 15) is 14.4 Å². The van der Waals surface area contributed by atoms with E-state index in [0.717, 1.165) is 13.1 Å². The molecule has 0 radical (unpaired) electrons. The Morgan fingerprint density at radius 1 is 1.14 bits per heavy atom. The van der Waals surface area contributed by atoms with Gasteiger partial charge in [-0.2, -0.15) is 0 Å². The molecule has 0 aliphatic carbocycles. The monoisotopic (exact) mass is 405 g/mol. The van der Waals surface area contributed by atoms with E-state index in [-0.39, 0.29) is 29.8 Å². The Labute approximate surface area is 172 Å². The molecule has 1 aliphatic heterocycles. The summed E-state index contributed by atoms with van der Waals surface area (Å²) in [5.41, 5.74) is 0.273. The van der Waals surface area contributed by atoms with Crippen molar-refractivity contribution in [3.8, 4) is 5.75 Å². The molecule has 29 heavy (non-hydrogen) atoms. The van der Waals surface area contributed by atoms with E-state index < -0.39 is 0 Å². The Morgan fingerprint density at radius 2 is 1.72 bits per heavy atom. The minimum atomic E-state index is -0.241. The van der Waals surface area contributed by atoms with Crippen LogP contribution in [-0.4, -0.2) is 86.5 Å². The van der Waals surface area contributed by atoms with Gasteiger partial charge in [-0.3, -0.25) is 14.4 Å². The topological polar surface area (TPSA) is 83.4 Å². The fourth-order valence-corrected chi connectivity index (χ4v) is 3.27. The van der Waals surface area contributed by atoms with Gasteiger partial charge in [0.2, 0.25) is 5.91 Å². The number of ether oxygens (including phenoxy) is 1. The molecular weight excluding hydrogens is 372 g/mol. The van der Waals surface area contributed by atoms with E-state index >= 15 is 0 Å². The van der Waals surface area contributed by atoms with E-state index in [1.165, 1.54) is 9.80 Å². The Hall–Kier alpha value is -2.61. The number of amides is 3. The Kier molecular flexibility index (Phi) is 7.61. The predicted molar refractivity (Wildman–Crippen MR) is 110 cm³/mol. The summed E-state index contributed by atoms with van der Waals surface area (Å²) in [6, 6.07) is 6.82. The maximum absolute atomic E-state index is 12.6. The first-order valence-electron chi connectivity index (χ1n) is 9.91. The van der Waals surface area contributed by atoms with Crippen LogP contribution in [0.25, 0.3) is 0 Å². The van der Waals surface area contributed by atoms with Gasteiger partial charge >= 0.3 is 0 Å². The quantitative estimate of drug-likeness (QED) is 0.663. The first-order valence-corrected chi connectivity index (χ1v) is 9.91. The lowest BCUT2D eigenvalue weighted by molar-refractivity contribution is -0.896. The number of rotatable bonds is 6. The normalized spacial score (nSPS) is 15.0. The van der Waals surface area contributed by atoms with Crippen LogP contribution in [0.2, 0.25) is 0 Å². The van der Waals surface area contributed by atoms with Crippen molar-refractivity contribution in [2.45, 2.75) is 26.3 Å². The maximum atomic E-state index is 12.6. The van der Waals surface area contributed by atoms with Gasteiger partial charge in [0, 0.05) is 18.2 Å². The van der Waals surface area contributed by atoms with E-state index in [1.807, 2.05) is 20.8 Å². The minimum absolute atomic E-state index is 0.0251. The summed E-state index contributed by atoms with van der Waals surface area (Å²) >= 11 is 0. The average Bonchev–Trinajstić information content (AvgIpc) is 2.66. The van der Waals surface area contributed by atoms with E-state index in [2.05, 4.69) is 5.32 Å². The van der Waals surface area contributed by atoms with Gasteiger partial charge in [0.15, 0.2) is 6.54 Å². The fourth-order valence-electron chi connectivity index (χ4n) is 3.27. The van der Waals surface area contributed by atoms with Gasteiger partial charge < -0.3 is 24.8 Å². The molecule has 0 unspecified atom stereocenters. The van der Waals surface area contributed by atoms with Gasteiger partial charge in [0.05, 0.1) is 39.8 Å². The summed E-state index contributed by atoms with van der Waals surface area (Å²) < 4.78 is 5.10. The molecule has 160 valence electrons. The lowest BCUT2D eigenvalue weighted by atomic mass is 10.1. The SMILES string of the molecule is COc1ccc(C(=O)N(C)CC(=O)N2CC[NH+](CC(=O)NC(C)(C)C)CC2)cc1. The van der Waals surface area contributed by atoms with Gasteiger partial charge in [-0.15, -0.1) is 0 Å². The number of nitrogens with one attached hydrogen (secondary N) is 2. The number of hydrogen-bond donors (Lipinski definition) is 2. The van der Waals surface area contributed by atoms with Crippen molar-refractivity contribution in [1.29, 1.82) is 0 Å². The molecule has 8 nitrogen and oxygen atoms in total. The molecule has 0 spiro atoms. The highest BCUT2D eigenvalue weighted by atomic mass is 16.5. The third-order valence-corrected chi connectivity index (χ3v) is 4.80. The molecule has 0 aromatic heterocycles. The summed E-state index contributed by atoms with van der Waals surface area (Å²) in [7, 11) is 3.20. The lowest BCUT2D eigenvalue weighted by Gasteiger charge is -2.33. The molecule has 1 heterocycles. The molecule has 1 aromatic carbocycles. The van der Waals surface area contributed by atoms with Crippen molar-refractivity contribution < 1.29 is 24.0 Å². The number of piperazine rings is 1. The highest BCUT2D eigenvalue weighted by molar-refractivity contribution is 5.96. The number of carbonyl (C=O) groups is 3. The van der Waals surface area contributed by atoms with Crippen LogP contribution < -0.4 is 15.0 Å². The molecule has 3 amide bonds. The van der Waals surface area contributed by atoms with Crippen LogP contribution in [-0.2, 0) is 9.59 Å². The zero-order valence-corrected chi connectivity index (χ0v) is 18.1. The summed E-state index contributed by atoms with van der Waals surface area (Å²) in [6.07, 6.45) is 0. The molecule has 2 rings (SSSR count). The molecule has 0 atom stereocenters. The van der Waals surface area contributed by atoms with Crippen molar-refractivity contribution in [3.63, 3.8) is 0 Å². The first-order chi connectivity index (χ1) is 13.6. The van der Waals surface area contributed by atoms with Crippen molar-refractivity contribution in [2.24, 2.45) is 0 Å². The van der Waals surface area contributed by atoms with Crippen molar-refractivity contribution in [3.05, 3.63) is 29.8 Å². The van der Waals surface area contributed by atoms with Crippen molar-refractivity contribution in [2.75, 3.05) is 53.4 Å². The largest absolute Gasteiger partial charge is 0.497 e. The second-order valence-electron chi connectivity index (χ2n) is 8.50. The Balaban J connectivity index is 1.79. The van der Waals surface area contributed by atoms with Crippen molar-refractivity contribution in [1.82, 2.24) is 15.1 Å². The molecule has 1 aromatic rings. The summed E-state index contributed by atoms with van der Waals surface area (Å²) in [4.78, 5) is 41.5. The highest BCUT2D eigenvalue weighted by Crippen LogP contribution is 2.12. The molecule has 1 fully saturated rings. The zero-order chi connectivity index (χ0) is 21.6. The Bertz CT molecular complexity index is 719. The van der Waals surface area contributed by atoms with Crippen LogP contribution in [0.15, 0.2) is 24.3 Å². The molecule has 8 heteroatoms. The van der Waals surface area contributed by atoms with Crippen LogP contribution >= 0.6 is 0 Å². The molecular formula is C21H33N4O4+. The average molecular weight is 406 g/mol. The van der Waals surface area contributed by atoms with Gasteiger partial charge in [0.1, 0.15) is 5.75 Å². The van der Waals surface area contributed by atoms with E-state index in [4.69, 9.17) is 4.74 Å². The maximum Gasteiger partial charge on any atom is 0.275 e. The van der Waals surface area contributed by atoms with Crippen LogP contribution in [0.4, 0.5) is 0 Å². The number of methoxy groups -OCH3 is 1. The highest BCUT2D eigenvalue weighted by Gasteiger charge is 2.27. The number of likely N-dealkylation sites (N-methyl/N-ethyl adjacent to an activating group) is 1. The summed E-state index contributed by atoms with van der Waals surface area (Å²) in [5.74, 6) is 0.422. The minimum Gasteiger partial charge on any atom is -0.497 e. The number of carbonyl (C=O) groups excluding carboxylic acids is 3. The summed E-state index contributed by atoms with van der Waals surface area (Å²) in [6.45, 7) is 8.93. The fraction of sp³-hybridized carbons (Fsp3) is 0.571. The third kappa shape index (κ3) is 7.05. The smallest absolute Gasteiger partial charge is 0.275 e. The van der Waals surface area contributed by atoms with E-state index in [0.29, 0.717) is 30.9 Å². The van der Waals surface area contributed by atoms with Crippen LogP contribution in [0.3, 0.4) is 0 Å². The van der Waals surface area contributed by atoms with Crippen molar-refractivity contribution >= 4 is 17.7 Å². The van der Waals surface area contributed by atoms with Crippen LogP contribution in [0.1, 0.15) is 31.1 Å². The lowest BCUT2D eigenvalue weighted by Crippen LogP contribution is -3.16. The number of quaternary nitrogens is 1. The number of hydrogen-bond acceptors (Lipinski definition) is 4. The summed E-state index contributed by atoms with van der Waals surface area (Å²) in [5, 5.41) is 2.97. The molecule has 0 bridgehead atoms.